The zero-order chi connectivity index (χ0) is 19.5. The molecule has 0 aliphatic heterocycles. The fourth-order valence-corrected chi connectivity index (χ4v) is 3.28. The molecule has 0 spiro atoms. The maximum atomic E-state index is 12.4. The third-order valence-corrected chi connectivity index (χ3v) is 5.50. The van der Waals surface area contributed by atoms with E-state index in [9.17, 15) is 18.0 Å². The molecule has 144 valence electrons. The van der Waals surface area contributed by atoms with E-state index in [1.54, 1.807) is 24.3 Å². The first-order valence-corrected chi connectivity index (χ1v) is 10.1. The molecule has 0 unspecified atom stereocenters. The number of carbonyl (C=O) groups is 2. The number of rotatable bonds is 8. The molecule has 1 heterocycles. The van der Waals surface area contributed by atoms with Crippen LogP contribution in [0, 0.1) is 5.41 Å². The van der Waals surface area contributed by atoms with Gasteiger partial charge in [0, 0.05) is 6.54 Å². The molecule has 0 bridgehead atoms. The second kappa shape index (κ2) is 7.53. The van der Waals surface area contributed by atoms with Gasteiger partial charge in [-0.15, -0.1) is 0 Å². The lowest BCUT2D eigenvalue weighted by Crippen LogP contribution is -2.43. The summed E-state index contributed by atoms with van der Waals surface area (Å²) in [7, 11) is -3.72. The van der Waals surface area contributed by atoms with Crippen LogP contribution in [0.2, 0.25) is 0 Å². The number of hydrogen-bond acceptors (Lipinski definition) is 5. The lowest BCUT2D eigenvalue weighted by molar-refractivity contribution is -0.137. The summed E-state index contributed by atoms with van der Waals surface area (Å²) in [6.45, 7) is 0.595. The molecule has 0 saturated heterocycles. The van der Waals surface area contributed by atoms with Crippen LogP contribution in [0.5, 0.6) is 0 Å². The lowest BCUT2D eigenvalue weighted by Gasteiger charge is -2.15. The van der Waals surface area contributed by atoms with Gasteiger partial charge in [0.1, 0.15) is 11.2 Å². The average molecular weight is 391 g/mol. The predicted molar refractivity (Wildman–Crippen MR) is 96.8 cm³/mol. The molecule has 9 heteroatoms. The average Bonchev–Trinajstić information content (AvgIpc) is 3.28. The Balaban J connectivity index is 1.48. The van der Waals surface area contributed by atoms with Gasteiger partial charge < -0.3 is 15.1 Å². The van der Waals surface area contributed by atoms with Crippen molar-refractivity contribution in [2.24, 2.45) is 10.6 Å². The van der Waals surface area contributed by atoms with Gasteiger partial charge in [0.2, 0.25) is 21.8 Å². The van der Waals surface area contributed by atoms with Crippen LogP contribution in [0.25, 0.3) is 0 Å². The van der Waals surface area contributed by atoms with Gasteiger partial charge in [0.05, 0.1) is 17.7 Å². The SMILES string of the molecule is NS(=O)(=O)c1ccc(CCNC(=O)C2(C(=O)NCc3ccco3)CC2)cc1. The second-order valence-electron chi connectivity index (χ2n) is 6.54. The smallest absolute Gasteiger partial charge is 0.238 e. The highest BCUT2D eigenvalue weighted by atomic mass is 32.2. The number of sulfonamides is 1. The summed E-state index contributed by atoms with van der Waals surface area (Å²) in [5, 5.41) is 10.6. The highest BCUT2D eigenvalue weighted by Gasteiger charge is 2.56. The van der Waals surface area contributed by atoms with Gasteiger partial charge in [0.15, 0.2) is 0 Å². The van der Waals surface area contributed by atoms with Crippen molar-refractivity contribution in [3.63, 3.8) is 0 Å². The Kier molecular flexibility index (Phi) is 5.33. The van der Waals surface area contributed by atoms with Crippen LogP contribution in [0.15, 0.2) is 52.0 Å². The number of hydrogen-bond donors (Lipinski definition) is 3. The van der Waals surface area contributed by atoms with Crippen LogP contribution in [-0.4, -0.2) is 26.8 Å². The fraction of sp³-hybridized carbons (Fsp3) is 0.333. The van der Waals surface area contributed by atoms with Crippen LogP contribution in [-0.2, 0) is 32.6 Å². The minimum atomic E-state index is -3.72. The minimum absolute atomic E-state index is 0.0421. The summed E-state index contributed by atoms with van der Waals surface area (Å²) in [5.74, 6) is 0.0389. The Morgan fingerprint density at radius 1 is 1.07 bits per heavy atom. The Hall–Kier alpha value is -2.65. The van der Waals surface area contributed by atoms with Crippen molar-refractivity contribution in [1.29, 1.82) is 0 Å². The van der Waals surface area contributed by atoms with Crippen molar-refractivity contribution in [3.05, 3.63) is 54.0 Å². The Morgan fingerprint density at radius 2 is 1.74 bits per heavy atom. The van der Waals surface area contributed by atoms with E-state index < -0.39 is 15.4 Å². The van der Waals surface area contributed by atoms with Crippen molar-refractivity contribution >= 4 is 21.8 Å². The molecule has 1 fully saturated rings. The van der Waals surface area contributed by atoms with Gasteiger partial charge in [-0.1, -0.05) is 12.1 Å². The first kappa shape index (κ1) is 19.1. The molecule has 1 aliphatic carbocycles. The topological polar surface area (TPSA) is 132 Å². The Morgan fingerprint density at radius 3 is 2.30 bits per heavy atom. The molecule has 1 aromatic carbocycles. The largest absolute Gasteiger partial charge is 0.467 e. The summed E-state index contributed by atoms with van der Waals surface area (Å²) in [4.78, 5) is 24.8. The second-order valence-corrected chi connectivity index (χ2v) is 8.10. The number of carbonyl (C=O) groups excluding carboxylic acids is 2. The van der Waals surface area contributed by atoms with Crippen molar-refractivity contribution in [2.75, 3.05) is 6.54 Å². The maximum Gasteiger partial charge on any atom is 0.238 e. The van der Waals surface area contributed by atoms with Crippen LogP contribution >= 0.6 is 0 Å². The number of nitrogens with two attached hydrogens (primary N) is 1. The molecule has 1 aliphatic rings. The third kappa shape index (κ3) is 4.55. The van der Waals surface area contributed by atoms with E-state index in [4.69, 9.17) is 9.56 Å². The summed E-state index contributed by atoms with van der Waals surface area (Å²) in [5.41, 5.74) is -0.140. The number of nitrogens with one attached hydrogen (secondary N) is 2. The van der Waals surface area contributed by atoms with Crippen molar-refractivity contribution in [2.45, 2.75) is 30.7 Å². The van der Waals surface area contributed by atoms with E-state index in [-0.39, 0.29) is 23.3 Å². The van der Waals surface area contributed by atoms with Gasteiger partial charge in [-0.05, 0) is 49.1 Å². The van der Waals surface area contributed by atoms with E-state index in [2.05, 4.69) is 10.6 Å². The molecule has 8 nitrogen and oxygen atoms in total. The molecular weight excluding hydrogens is 370 g/mol. The Labute approximate surface area is 157 Å². The van der Waals surface area contributed by atoms with Crippen molar-refractivity contribution in [3.8, 4) is 0 Å². The molecule has 1 aromatic heterocycles. The van der Waals surface area contributed by atoms with Gasteiger partial charge >= 0.3 is 0 Å². The van der Waals surface area contributed by atoms with Crippen LogP contribution in [0.4, 0.5) is 0 Å². The van der Waals surface area contributed by atoms with Gasteiger partial charge in [-0.2, -0.15) is 0 Å². The number of primary sulfonamides is 1. The molecule has 0 radical (unpaired) electrons. The first-order valence-electron chi connectivity index (χ1n) is 8.52. The normalized spacial score (nSPS) is 15.1. The highest BCUT2D eigenvalue weighted by molar-refractivity contribution is 7.89. The summed E-state index contributed by atoms with van der Waals surface area (Å²) in [6, 6.07) is 9.63. The summed E-state index contributed by atoms with van der Waals surface area (Å²) in [6.07, 6.45) is 3.08. The van der Waals surface area contributed by atoms with Crippen molar-refractivity contribution < 1.29 is 22.4 Å². The predicted octanol–water partition coefficient (Wildman–Crippen LogP) is 0.682. The number of amides is 2. The quantitative estimate of drug-likeness (QED) is 0.570. The van der Waals surface area contributed by atoms with Crippen LogP contribution < -0.4 is 15.8 Å². The summed E-state index contributed by atoms with van der Waals surface area (Å²) >= 11 is 0. The number of furan rings is 1. The molecule has 2 aromatic rings. The third-order valence-electron chi connectivity index (χ3n) is 4.57. The molecular formula is C18H21N3O5S. The maximum absolute atomic E-state index is 12.4. The zero-order valence-corrected chi connectivity index (χ0v) is 15.4. The molecule has 4 N–H and O–H groups in total. The van der Waals surface area contributed by atoms with E-state index in [0.29, 0.717) is 31.6 Å². The standard InChI is InChI=1S/C18H21N3O5S/c19-27(24,25)15-5-3-13(4-6-15)7-10-20-16(22)18(8-9-18)17(23)21-12-14-2-1-11-26-14/h1-6,11H,7-10,12H2,(H,20,22)(H,21,23)(H2,19,24,25). The van der Waals surface area contributed by atoms with Crippen LogP contribution in [0.3, 0.4) is 0 Å². The van der Waals surface area contributed by atoms with E-state index in [1.165, 1.54) is 18.4 Å². The lowest BCUT2D eigenvalue weighted by atomic mass is 10.0. The Bertz CT molecular complexity index is 916. The van der Waals surface area contributed by atoms with Crippen molar-refractivity contribution in [1.82, 2.24) is 10.6 Å². The molecule has 2 amide bonds. The molecule has 3 rings (SSSR count). The highest BCUT2D eigenvalue weighted by Crippen LogP contribution is 2.46. The van der Waals surface area contributed by atoms with Gasteiger partial charge in [-0.3, -0.25) is 9.59 Å². The monoisotopic (exact) mass is 391 g/mol. The summed E-state index contributed by atoms with van der Waals surface area (Å²) < 4.78 is 27.6. The molecule has 1 saturated carbocycles. The van der Waals surface area contributed by atoms with E-state index in [0.717, 1.165) is 5.56 Å². The molecule has 27 heavy (non-hydrogen) atoms. The van der Waals surface area contributed by atoms with E-state index >= 15 is 0 Å². The van der Waals surface area contributed by atoms with Gasteiger partial charge in [-0.25, -0.2) is 13.6 Å². The number of benzene rings is 1. The van der Waals surface area contributed by atoms with Crippen LogP contribution in [0.1, 0.15) is 24.2 Å². The fourth-order valence-electron chi connectivity index (χ4n) is 2.77. The van der Waals surface area contributed by atoms with E-state index in [1.807, 2.05) is 0 Å². The zero-order valence-electron chi connectivity index (χ0n) is 14.6. The van der Waals surface area contributed by atoms with Gasteiger partial charge in [0.25, 0.3) is 0 Å². The first-order chi connectivity index (χ1) is 12.8. The minimum Gasteiger partial charge on any atom is -0.467 e. The molecule has 0 atom stereocenters.